The molecule has 144 valence electrons. The zero-order valence-corrected chi connectivity index (χ0v) is 18.5. The Kier molecular flexibility index (Phi) is 5.28. The van der Waals surface area contributed by atoms with Crippen LogP contribution in [0, 0.1) is 0 Å². The highest BCUT2D eigenvalue weighted by atomic mass is 127. The third-order valence-corrected chi connectivity index (χ3v) is 6.22. The van der Waals surface area contributed by atoms with Gasteiger partial charge in [0.25, 0.3) is 0 Å². The molecule has 2 heterocycles. The summed E-state index contributed by atoms with van der Waals surface area (Å²) in [5, 5.41) is 2.48. The minimum Gasteiger partial charge on any atom is -0.264 e. The lowest BCUT2D eigenvalue weighted by molar-refractivity contribution is 1.28. The van der Waals surface area contributed by atoms with Crippen molar-refractivity contribution in [2.75, 3.05) is 0 Å². The van der Waals surface area contributed by atoms with Crippen molar-refractivity contribution >= 4 is 33.4 Å². The lowest BCUT2D eigenvalue weighted by Gasteiger charge is -2.08. The van der Waals surface area contributed by atoms with Crippen LogP contribution in [-0.4, -0.2) is 9.97 Å². The lowest BCUT2D eigenvalue weighted by atomic mass is 9.98. The third-order valence-electron chi connectivity index (χ3n) is 5.34. The van der Waals surface area contributed by atoms with E-state index < -0.39 is 0 Å². The number of fused-ring (bicyclic) bond motifs is 1. The normalized spacial score (nSPS) is 11.0. The Bertz CT molecular complexity index is 1290. The molecule has 5 aromatic rings. The predicted octanol–water partition coefficient (Wildman–Crippen LogP) is 7.57. The molecule has 0 N–H and O–H groups in total. The van der Waals surface area contributed by atoms with E-state index >= 15 is 0 Å². The summed E-state index contributed by atoms with van der Waals surface area (Å²) in [4.78, 5) is 8.81. The first-order chi connectivity index (χ1) is 14.8. The van der Waals surface area contributed by atoms with Crippen molar-refractivity contribution in [3.8, 4) is 33.5 Å². The SMILES string of the molecule is ICc1ccc(-c2ccc3cc(-c4ccc(-c5cccnc5)nc4)ccc3c2)cc1. The largest absolute Gasteiger partial charge is 0.264 e. The molecule has 0 aliphatic rings. The summed E-state index contributed by atoms with van der Waals surface area (Å²) in [5.74, 6) is 0. The van der Waals surface area contributed by atoms with E-state index in [4.69, 9.17) is 0 Å². The highest BCUT2D eigenvalue weighted by Crippen LogP contribution is 2.29. The van der Waals surface area contributed by atoms with E-state index in [1.165, 1.54) is 33.0 Å². The molecular formula is C27H19IN2. The maximum Gasteiger partial charge on any atom is 0.0717 e. The summed E-state index contributed by atoms with van der Waals surface area (Å²) in [6, 6.07) is 30.2. The van der Waals surface area contributed by atoms with E-state index in [9.17, 15) is 0 Å². The van der Waals surface area contributed by atoms with Gasteiger partial charge in [-0.05, 0) is 63.4 Å². The molecule has 0 amide bonds. The molecule has 0 aliphatic carbocycles. The lowest BCUT2D eigenvalue weighted by Crippen LogP contribution is -1.86. The number of pyridine rings is 2. The Labute approximate surface area is 189 Å². The molecule has 0 spiro atoms. The van der Waals surface area contributed by atoms with Gasteiger partial charge in [0.15, 0.2) is 0 Å². The van der Waals surface area contributed by atoms with E-state index in [-0.39, 0.29) is 0 Å². The van der Waals surface area contributed by atoms with E-state index in [0.29, 0.717) is 0 Å². The molecule has 0 saturated heterocycles. The Hall–Kier alpha value is -3.05. The van der Waals surface area contributed by atoms with Crippen LogP contribution in [-0.2, 0) is 4.43 Å². The van der Waals surface area contributed by atoms with Crippen LogP contribution in [0.15, 0.2) is 104 Å². The summed E-state index contributed by atoms with van der Waals surface area (Å²) in [7, 11) is 0. The van der Waals surface area contributed by atoms with Gasteiger partial charge in [-0.1, -0.05) is 77.2 Å². The molecule has 3 heteroatoms. The molecule has 0 unspecified atom stereocenters. The van der Waals surface area contributed by atoms with Crippen LogP contribution in [0.25, 0.3) is 44.3 Å². The third kappa shape index (κ3) is 3.85. The monoisotopic (exact) mass is 498 g/mol. The molecule has 0 aliphatic heterocycles. The maximum atomic E-state index is 4.63. The average molecular weight is 498 g/mol. The van der Waals surface area contributed by atoms with Crippen molar-refractivity contribution in [2.45, 2.75) is 4.43 Å². The number of aromatic nitrogens is 2. The van der Waals surface area contributed by atoms with Crippen molar-refractivity contribution < 1.29 is 0 Å². The van der Waals surface area contributed by atoms with E-state index in [0.717, 1.165) is 21.2 Å². The zero-order valence-electron chi connectivity index (χ0n) is 16.3. The molecule has 0 saturated carbocycles. The van der Waals surface area contributed by atoms with Crippen LogP contribution < -0.4 is 0 Å². The Balaban J connectivity index is 1.45. The fourth-order valence-corrected chi connectivity index (χ4v) is 4.15. The minimum atomic E-state index is 0.936. The highest BCUT2D eigenvalue weighted by Gasteiger charge is 2.05. The minimum absolute atomic E-state index is 0.936. The first-order valence-electron chi connectivity index (χ1n) is 9.86. The van der Waals surface area contributed by atoms with Crippen molar-refractivity contribution in [3.05, 3.63) is 109 Å². The fourth-order valence-electron chi connectivity index (χ4n) is 3.64. The molecule has 0 radical (unpaired) electrons. The Morgan fingerprint density at radius 1 is 0.600 bits per heavy atom. The van der Waals surface area contributed by atoms with Crippen LogP contribution in [0.1, 0.15) is 5.56 Å². The van der Waals surface area contributed by atoms with Gasteiger partial charge in [-0.15, -0.1) is 0 Å². The predicted molar refractivity (Wildman–Crippen MR) is 134 cm³/mol. The van der Waals surface area contributed by atoms with Gasteiger partial charge in [0.1, 0.15) is 0 Å². The number of hydrogen-bond donors (Lipinski definition) is 0. The van der Waals surface area contributed by atoms with Crippen molar-refractivity contribution in [2.24, 2.45) is 0 Å². The van der Waals surface area contributed by atoms with Gasteiger partial charge in [-0.25, -0.2) is 0 Å². The van der Waals surface area contributed by atoms with E-state index in [1.54, 1.807) is 6.20 Å². The van der Waals surface area contributed by atoms with Gasteiger partial charge in [-0.2, -0.15) is 0 Å². The average Bonchev–Trinajstić information content (AvgIpc) is 2.84. The molecule has 5 rings (SSSR count). The summed E-state index contributed by atoms with van der Waals surface area (Å²) >= 11 is 2.40. The van der Waals surface area contributed by atoms with Crippen LogP contribution in [0.4, 0.5) is 0 Å². The van der Waals surface area contributed by atoms with Gasteiger partial charge in [0.2, 0.25) is 0 Å². The maximum absolute atomic E-state index is 4.63. The summed E-state index contributed by atoms with van der Waals surface area (Å²) < 4.78 is 1.04. The van der Waals surface area contributed by atoms with Gasteiger partial charge in [0, 0.05) is 34.1 Å². The van der Waals surface area contributed by atoms with E-state index in [2.05, 4.69) is 105 Å². The van der Waals surface area contributed by atoms with Crippen LogP contribution in [0.2, 0.25) is 0 Å². The Morgan fingerprint density at radius 3 is 1.87 bits per heavy atom. The molecule has 0 bridgehead atoms. The van der Waals surface area contributed by atoms with Crippen molar-refractivity contribution in [1.82, 2.24) is 9.97 Å². The number of nitrogens with zero attached hydrogens (tertiary/aromatic N) is 2. The molecule has 0 fully saturated rings. The highest BCUT2D eigenvalue weighted by molar-refractivity contribution is 14.1. The molecule has 2 aromatic heterocycles. The summed E-state index contributed by atoms with van der Waals surface area (Å²) in [5.41, 5.74) is 8.11. The Morgan fingerprint density at radius 2 is 1.27 bits per heavy atom. The van der Waals surface area contributed by atoms with Gasteiger partial charge >= 0.3 is 0 Å². The van der Waals surface area contributed by atoms with Gasteiger partial charge in [-0.3, -0.25) is 9.97 Å². The van der Waals surface area contributed by atoms with Crippen molar-refractivity contribution in [3.63, 3.8) is 0 Å². The van der Waals surface area contributed by atoms with Crippen LogP contribution in [0.3, 0.4) is 0 Å². The smallest absolute Gasteiger partial charge is 0.0717 e. The van der Waals surface area contributed by atoms with Crippen molar-refractivity contribution in [1.29, 1.82) is 0 Å². The molecule has 2 nitrogen and oxygen atoms in total. The summed E-state index contributed by atoms with van der Waals surface area (Å²) in [6.45, 7) is 0. The molecular weight excluding hydrogens is 479 g/mol. The second kappa shape index (κ2) is 8.36. The second-order valence-electron chi connectivity index (χ2n) is 7.28. The topological polar surface area (TPSA) is 25.8 Å². The summed E-state index contributed by atoms with van der Waals surface area (Å²) in [6.07, 6.45) is 5.55. The van der Waals surface area contributed by atoms with Crippen LogP contribution >= 0.6 is 22.6 Å². The number of benzene rings is 3. The van der Waals surface area contributed by atoms with Gasteiger partial charge in [0.05, 0.1) is 5.69 Å². The standard InChI is InChI=1S/C27H19IN2/c28-16-19-3-5-20(6-4-19)21-7-8-23-15-24(10-9-22(23)14-21)25-11-12-27(30-18-25)26-2-1-13-29-17-26/h1-15,17-18H,16H2. The molecule has 3 aromatic carbocycles. The number of hydrogen-bond acceptors (Lipinski definition) is 2. The molecule has 0 atom stereocenters. The number of halogens is 1. The molecule has 30 heavy (non-hydrogen) atoms. The zero-order chi connectivity index (χ0) is 20.3. The first-order valence-corrected chi connectivity index (χ1v) is 11.4. The number of rotatable bonds is 4. The van der Waals surface area contributed by atoms with E-state index in [1.807, 2.05) is 24.5 Å². The second-order valence-corrected chi connectivity index (χ2v) is 8.04. The quantitative estimate of drug-likeness (QED) is 0.189. The number of alkyl halides is 1. The van der Waals surface area contributed by atoms with Gasteiger partial charge < -0.3 is 0 Å². The van der Waals surface area contributed by atoms with Crippen LogP contribution in [0.5, 0.6) is 0 Å². The first kappa shape index (κ1) is 18.9. The fraction of sp³-hybridized carbons (Fsp3) is 0.0370.